The zero-order chi connectivity index (χ0) is 18.7. The third-order valence-corrected chi connectivity index (χ3v) is 5.20. The van der Waals surface area contributed by atoms with E-state index in [1.807, 2.05) is 24.3 Å². The first-order chi connectivity index (χ1) is 12.5. The molecule has 0 radical (unpaired) electrons. The van der Waals surface area contributed by atoms with Crippen molar-refractivity contribution in [1.82, 2.24) is 0 Å². The van der Waals surface area contributed by atoms with Crippen molar-refractivity contribution in [3.05, 3.63) is 58.4 Å². The maximum atomic E-state index is 12.0. The summed E-state index contributed by atoms with van der Waals surface area (Å²) in [5.41, 5.74) is 1.47. The third kappa shape index (κ3) is 3.97. The van der Waals surface area contributed by atoms with Gasteiger partial charge in [-0.25, -0.2) is 4.79 Å². The molecule has 0 aliphatic heterocycles. The van der Waals surface area contributed by atoms with Crippen molar-refractivity contribution < 1.29 is 14.6 Å². The maximum Gasteiger partial charge on any atom is 0.336 e. The molecule has 0 spiro atoms. The van der Waals surface area contributed by atoms with E-state index in [1.54, 1.807) is 11.0 Å². The molecule has 2 aromatic carbocycles. The lowest BCUT2D eigenvalue weighted by atomic mass is 10.0. The molecule has 0 fully saturated rings. The molecule has 0 unspecified atom stereocenters. The van der Waals surface area contributed by atoms with Gasteiger partial charge in [-0.1, -0.05) is 30.3 Å². The summed E-state index contributed by atoms with van der Waals surface area (Å²) < 4.78 is 5.44. The highest BCUT2D eigenvalue weighted by atomic mass is 16.4. The number of quaternary nitrogens is 2. The molecule has 138 valence electrons. The van der Waals surface area contributed by atoms with Gasteiger partial charge in [-0.3, -0.25) is 0 Å². The molecule has 0 saturated carbocycles. The van der Waals surface area contributed by atoms with E-state index in [0.29, 0.717) is 17.7 Å². The molecule has 3 rings (SSSR count). The second-order valence-corrected chi connectivity index (χ2v) is 7.67. The van der Waals surface area contributed by atoms with Crippen LogP contribution in [0.5, 0.6) is 0 Å². The minimum Gasteiger partial charge on any atom is -0.423 e. The minimum atomic E-state index is -0.271. The molecule has 0 saturated heterocycles. The minimum absolute atomic E-state index is 0.271. The summed E-state index contributed by atoms with van der Waals surface area (Å²) in [5.74, 6) is 0. The van der Waals surface area contributed by atoms with Gasteiger partial charge in [0.2, 0.25) is 0 Å². The molecular weight excluding hydrogens is 324 g/mol. The van der Waals surface area contributed by atoms with Crippen LogP contribution in [0.1, 0.15) is 33.3 Å². The summed E-state index contributed by atoms with van der Waals surface area (Å²) in [6, 6.07) is 15.1. The lowest BCUT2D eigenvalue weighted by molar-refractivity contribution is -0.952. The van der Waals surface area contributed by atoms with Crippen LogP contribution in [0, 0.1) is 0 Å². The summed E-state index contributed by atoms with van der Waals surface area (Å²) >= 11 is 0. The average Bonchev–Trinajstić information content (AvgIpc) is 2.60. The Bertz CT molecular complexity index is 936. The molecule has 0 aliphatic rings. The summed E-state index contributed by atoms with van der Waals surface area (Å²) in [6.45, 7) is 12.1. The molecule has 0 aliphatic carbocycles. The van der Waals surface area contributed by atoms with Gasteiger partial charge in [-0.15, -0.1) is 0 Å². The number of nitrogens with one attached hydrogen (secondary N) is 1. The topological polar surface area (TPSA) is 51.3 Å². The zero-order valence-corrected chi connectivity index (χ0v) is 16.2. The van der Waals surface area contributed by atoms with Gasteiger partial charge in [-0.05, 0) is 44.5 Å². The largest absolute Gasteiger partial charge is 0.423 e. The first kappa shape index (κ1) is 18.6. The van der Waals surface area contributed by atoms with Crippen LogP contribution in [0.15, 0.2) is 51.7 Å². The molecule has 3 aromatic rings. The summed E-state index contributed by atoms with van der Waals surface area (Å²) in [5, 5.41) is 5.69. The fraction of sp³-hybridized carbons (Fsp3) is 0.409. The standard InChI is InChI=1S/C22H28N2O2/c1-15(2)24(16(3)4)12-11-23-14-18-13-21(25)26-20-10-9-17-7-5-6-8-19(17)22(18)20/h5-10,13,15-16,23H,11-12,14H2,1-4H3/p+2. The monoisotopic (exact) mass is 354 g/mol. The van der Waals surface area contributed by atoms with Crippen LogP contribution >= 0.6 is 0 Å². The molecule has 4 heteroatoms. The quantitative estimate of drug-likeness (QED) is 0.386. The van der Waals surface area contributed by atoms with Gasteiger partial charge in [-0.2, -0.15) is 0 Å². The highest BCUT2D eigenvalue weighted by Gasteiger charge is 2.17. The first-order valence-electron chi connectivity index (χ1n) is 9.59. The van der Waals surface area contributed by atoms with E-state index in [9.17, 15) is 4.79 Å². The fourth-order valence-electron chi connectivity index (χ4n) is 3.95. The highest BCUT2D eigenvalue weighted by Crippen LogP contribution is 2.26. The van der Waals surface area contributed by atoms with Gasteiger partial charge >= 0.3 is 5.63 Å². The van der Waals surface area contributed by atoms with E-state index in [4.69, 9.17) is 4.42 Å². The van der Waals surface area contributed by atoms with E-state index in [2.05, 4.69) is 45.1 Å². The molecule has 1 aromatic heterocycles. The van der Waals surface area contributed by atoms with Crippen molar-refractivity contribution in [1.29, 1.82) is 0 Å². The Morgan fingerprint density at radius 2 is 1.77 bits per heavy atom. The molecule has 4 nitrogen and oxygen atoms in total. The van der Waals surface area contributed by atoms with E-state index in [-0.39, 0.29) is 5.63 Å². The Kier molecular flexibility index (Phi) is 5.74. The van der Waals surface area contributed by atoms with Gasteiger partial charge in [0, 0.05) is 17.0 Å². The van der Waals surface area contributed by atoms with Gasteiger partial charge in [0.1, 0.15) is 25.2 Å². The summed E-state index contributed by atoms with van der Waals surface area (Å²) in [6.07, 6.45) is 0. The van der Waals surface area contributed by atoms with Crippen LogP contribution in [-0.4, -0.2) is 25.2 Å². The fourth-order valence-corrected chi connectivity index (χ4v) is 3.95. The Balaban J connectivity index is 1.83. The van der Waals surface area contributed by atoms with Crippen LogP contribution < -0.4 is 15.8 Å². The number of rotatable bonds is 7. The van der Waals surface area contributed by atoms with E-state index >= 15 is 0 Å². The van der Waals surface area contributed by atoms with E-state index < -0.39 is 0 Å². The molecular formula is C22H30N2O2+2. The smallest absolute Gasteiger partial charge is 0.336 e. The normalized spacial score (nSPS) is 12.1. The van der Waals surface area contributed by atoms with E-state index in [1.165, 1.54) is 5.39 Å². The Morgan fingerprint density at radius 3 is 2.50 bits per heavy atom. The van der Waals surface area contributed by atoms with Crippen molar-refractivity contribution in [2.75, 3.05) is 13.1 Å². The van der Waals surface area contributed by atoms with E-state index in [0.717, 1.165) is 36.0 Å². The second kappa shape index (κ2) is 8.02. The van der Waals surface area contributed by atoms with Crippen LogP contribution in [0.4, 0.5) is 0 Å². The van der Waals surface area contributed by atoms with Gasteiger partial charge in [0.15, 0.2) is 0 Å². The molecule has 0 bridgehead atoms. The number of hydrogen-bond acceptors (Lipinski definition) is 2. The first-order valence-corrected chi connectivity index (χ1v) is 9.59. The van der Waals surface area contributed by atoms with Gasteiger partial charge in [0.05, 0.1) is 12.1 Å². The van der Waals surface area contributed by atoms with Crippen LogP contribution in [0.3, 0.4) is 0 Å². The maximum absolute atomic E-state index is 12.0. The van der Waals surface area contributed by atoms with Crippen LogP contribution in [0.2, 0.25) is 0 Å². The van der Waals surface area contributed by atoms with Crippen LogP contribution in [-0.2, 0) is 6.54 Å². The lowest BCUT2D eigenvalue weighted by Gasteiger charge is -2.26. The van der Waals surface area contributed by atoms with Crippen LogP contribution in [0.25, 0.3) is 21.7 Å². The van der Waals surface area contributed by atoms with Gasteiger partial charge < -0.3 is 14.6 Å². The van der Waals surface area contributed by atoms with Crippen molar-refractivity contribution in [3.63, 3.8) is 0 Å². The number of hydrogen-bond donors (Lipinski definition) is 2. The molecule has 0 atom stereocenters. The lowest BCUT2D eigenvalue weighted by Crippen LogP contribution is -3.19. The average molecular weight is 354 g/mol. The number of benzene rings is 2. The second-order valence-electron chi connectivity index (χ2n) is 7.67. The predicted octanol–water partition coefficient (Wildman–Crippen LogP) is 1.71. The summed E-state index contributed by atoms with van der Waals surface area (Å²) in [4.78, 5) is 13.6. The number of nitrogens with two attached hydrogens (primary N) is 1. The molecule has 26 heavy (non-hydrogen) atoms. The predicted molar refractivity (Wildman–Crippen MR) is 107 cm³/mol. The van der Waals surface area contributed by atoms with Crippen molar-refractivity contribution in [2.24, 2.45) is 0 Å². The summed E-state index contributed by atoms with van der Waals surface area (Å²) in [7, 11) is 0. The Hall–Kier alpha value is -2.17. The zero-order valence-electron chi connectivity index (χ0n) is 16.2. The number of fused-ring (bicyclic) bond motifs is 3. The Labute approximate surface area is 154 Å². The molecule has 0 amide bonds. The molecule has 3 N–H and O–H groups in total. The highest BCUT2D eigenvalue weighted by molar-refractivity contribution is 6.06. The van der Waals surface area contributed by atoms with Crippen molar-refractivity contribution in [3.8, 4) is 0 Å². The molecule has 1 heterocycles. The third-order valence-electron chi connectivity index (χ3n) is 5.20. The Morgan fingerprint density at radius 1 is 1.04 bits per heavy atom. The van der Waals surface area contributed by atoms with Crippen molar-refractivity contribution in [2.45, 2.75) is 46.3 Å². The van der Waals surface area contributed by atoms with Gasteiger partial charge in [0.25, 0.3) is 0 Å². The van der Waals surface area contributed by atoms with Crippen molar-refractivity contribution >= 4 is 21.7 Å². The SMILES string of the molecule is CC(C)[NH+](CC[NH2+]Cc1cc(=O)oc2ccc3ccccc3c12)C(C)C.